The number of rotatable bonds is 5. The minimum absolute atomic E-state index is 0.686. The number of aromatic nitrogens is 1. The molecular formula is C14H16ClN3. The van der Waals surface area contributed by atoms with Crippen LogP contribution in [0.3, 0.4) is 0 Å². The van der Waals surface area contributed by atoms with Gasteiger partial charge in [0.1, 0.15) is 11.6 Å². The number of pyridine rings is 1. The maximum absolute atomic E-state index is 6.09. The third-order valence-corrected chi connectivity index (χ3v) is 2.77. The summed E-state index contributed by atoms with van der Waals surface area (Å²) in [6.07, 6.45) is 1.07. The molecule has 0 spiro atoms. The fraction of sp³-hybridized carbons (Fsp3) is 0.214. The molecule has 18 heavy (non-hydrogen) atoms. The topological polar surface area (TPSA) is 37.0 Å². The Hall–Kier alpha value is -1.74. The fourth-order valence-electron chi connectivity index (χ4n) is 1.56. The van der Waals surface area contributed by atoms with E-state index >= 15 is 0 Å². The number of anilines is 3. The maximum Gasteiger partial charge on any atom is 0.132 e. The molecule has 2 rings (SSSR count). The van der Waals surface area contributed by atoms with Gasteiger partial charge in [-0.1, -0.05) is 36.7 Å². The molecule has 4 heteroatoms. The number of hydrogen-bond acceptors (Lipinski definition) is 3. The molecular weight excluding hydrogens is 246 g/mol. The van der Waals surface area contributed by atoms with E-state index in [9.17, 15) is 0 Å². The second-order valence-corrected chi connectivity index (χ2v) is 4.35. The number of halogens is 1. The van der Waals surface area contributed by atoms with Crippen molar-refractivity contribution in [2.24, 2.45) is 0 Å². The van der Waals surface area contributed by atoms with E-state index in [1.165, 1.54) is 0 Å². The molecule has 0 fully saturated rings. The van der Waals surface area contributed by atoms with Gasteiger partial charge in [0, 0.05) is 6.54 Å². The molecule has 0 amide bonds. The van der Waals surface area contributed by atoms with E-state index in [2.05, 4.69) is 22.5 Å². The lowest BCUT2D eigenvalue weighted by molar-refractivity contribution is 0.970. The highest BCUT2D eigenvalue weighted by atomic mass is 35.5. The van der Waals surface area contributed by atoms with Crippen LogP contribution in [0.25, 0.3) is 0 Å². The van der Waals surface area contributed by atoms with E-state index in [0.29, 0.717) is 5.02 Å². The minimum Gasteiger partial charge on any atom is -0.370 e. The van der Waals surface area contributed by atoms with Crippen LogP contribution in [-0.2, 0) is 0 Å². The van der Waals surface area contributed by atoms with Gasteiger partial charge in [0.25, 0.3) is 0 Å². The highest BCUT2D eigenvalue weighted by Crippen LogP contribution is 2.24. The summed E-state index contributed by atoms with van der Waals surface area (Å²) in [5.41, 5.74) is 0.860. The van der Waals surface area contributed by atoms with Crippen LogP contribution in [0.15, 0.2) is 42.5 Å². The van der Waals surface area contributed by atoms with Crippen molar-refractivity contribution in [1.82, 2.24) is 4.98 Å². The summed E-state index contributed by atoms with van der Waals surface area (Å²) < 4.78 is 0. The van der Waals surface area contributed by atoms with Gasteiger partial charge in [0.2, 0.25) is 0 Å². The molecule has 0 atom stereocenters. The van der Waals surface area contributed by atoms with Gasteiger partial charge in [0.15, 0.2) is 0 Å². The Morgan fingerprint density at radius 1 is 1.06 bits per heavy atom. The molecule has 0 aliphatic heterocycles. The van der Waals surface area contributed by atoms with E-state index in [1.54, 1.807) is 0 Å². The van der Waals surface area contributed by atoms with Gasteiger partial charge < -0.3 is 10.6 Å². The second kappa shape index (κ2) is 6.26. The Labute approximate surface area is 112 Å². The summed E-state index contributed by atoms with van der Waals surface area (Å²) in [6, 6.07) is 13.4. The predicted octanol–water partition coefficient (Wildman–Crippen LogP) is 4.30. The van der Waals surface area contributed by atoms with E-state index < -0.39 is 0 Å². The Balaban J connectivity index is 2.12. The maximum atomic E-state index is 6.09. The van der Waals surface area contributed by atoms with Crippen LogP contribution in [-0.4, -0.2) is 11.5 Å². The zero-order valence-electron chi connectivity index (χ0n) is 10.3. The smallest absolute Gasteiger partial charge is 0.132 e. The number of nitrogens with one attached hydrogen (secondary N) is 2. The van der Waals surface area contributed by atoms with Gasteiger partial charge in [-0.05, 0) is 30.7 Å². The molecule has 0 saturated carbocycles. The molecule has 94 valence electrons. The molecule has 2 aromatic rings. The Morgan fingerprint density at radius 2 is 1.83 bits per heavy atom. The van der Waals surface area contributed by atoms with Gasteiger partial charge >= 0.3 is 0 Å². The summed E-state index contributed by atoms with van der Waals surface area (Å²) >= 11 is 6.09. The first-order chi connectivity index (χ1) is 8.79. The van der Waals surface area contributed by atoms with Crippen LogP contribution in [0.4, 0.5) is 17.3 Å². The Bertz CT molecular complexity index is 514. The van der Waals surface area contributed by atoms with E-state index in [0.717, 1.165) is 30.3 Å². The van der Waals surface area contributed by atoms with Gasteiger partial charge in [-0.25, -0.2) is 4.98 Å². The average Bonchev–Trinajstić information content (AvgIpc) is 2.40. The van der Waals surface area contributed by atoms with Crippen LogP contribution in [0, 0.1) is 0 Å². The quantitative estimate of drug-likeness (QED) is 0.843. The zero-order valence-corrected chi connectivity index (χ0v) is 11.0. The highest BCUT2D eigenvalue weighted by Gasteiger charge is 2.01. The molecule has 0 unspecified atom stereocenters. The summed E-state index contributed by atoms with van der Waals surface area (Å²) in [7, 11) is 0. The van der Waals surface area contributed by atoms with E-state index in [-0.39, 0.29) is 0 Å². The normalized spacial score (nSPS) is 10.1. The molecule has 0 radical (unpaired) electrons. The number of benzene rings is 1. The third-order valence-electron chi connectivity index (χ3n) is 2.44. The monoisotopic (exact) mass is 261 g/mol. The Morgan fingerprint density at radius 3 is 2.61 bits per heavy atom. The third kappa shape index (κ3) is 3.37. The molecule has 1 aromatic carbocycles. The predicted molar refractivity (Wildman–Crippen MR) is 77.8 cm³/mol. The van der Waals surface area contributed by atoms with Crippen molar-refractivity contribution in [3.8, 4) is 0 Å². The van der Waals surface area contributed by atoms with Gasteiger partial charge in [-0.15, -0.1) is 0 Å². The molecule has 0 aliphatic carbocycles. The molecule has 0 bridgehead atoms. The van der Waals surface area contributed by atoms with Gasteiger partial charge in [0.05, 0.1) is 10.7 Å². The van der Waals surface area contributed by atoms with Crippen molar-refractivity contribution in [2.75, 3.05) is 17.2 Å². The SMILES string of the molecule is CCCNc1cccc(Nc2ccccc2Cl)n1. The van der Waals surface area contributed by atoms with Crippen LogP contribution in [0.5, 0.6) is 0 Å². The summed E-state index contributed by atoms with van der Waals surface area (Å²) in [5, 5.41) is 7.14. The van der Waals surface area contributed by atoms with Crippen LogP contribution in [0.2, 0.25) is 5.02 Å². The minimum atomic E-state index is 0.686. The fourth-order valence-corrected chi connectivity index (χ4v) is 1.74. The lowest BCUT2D eigenvalue weighted by Crippen LogP contribution is -2.03. The molecule has 3 nitrogen and oxygen atoms in total. The highest BCUT2D eigenvalue weighted by molar-refractivity contribution is 6.33. The van der Waals surface area contributed by atoms with Crippen molar-refractivity contribution in [3.63, 3.8) is 0 Å². The van der Waals surface area contributed by atoms with Crippen LogP contribution < -0.4 is 10.6 Å². The first-order valence-electron chi connectivity index (χ1n) is 6.02. The first-order valence-corrected chi connectivity index (χ1v) is 6.40. The van der Waals surface area contributed by atoms with Crippen LogP contribution in [0.1, 0.15) is 13.3 Å². The summed E-state index contributed by atoms with van der Waals surface area (Å²) in [5.74, 6) is 1.65. The van der Waals surface area contributed by atoms with E-state index in [4.69, 9.17) is 11.6 Å². The summed E-state index contributed by atoms with van der Waals surface area (Å²) in [4.78, 5) is 4.47. The average molecular weight is 262 g/mol. The van der Waals surface area contributed by atoms with Crippen molar-refractivity contribution in [3.05, 3.63) is 47.5 Å². The van der Waals surface area contributed by atoms with Gasteiger partial charge in [-0.3, -0.25) is 0 Å². The molecule has 1 aromatic heterocycles. The molecule has 0 aliphatic rings. The van der Waals surface area contributed by atoms with Crippen molar-refractivity contribution >= 4 is 28.9 Å². The molecule has 0 saturated heterocycles. The lowest BCUT2D eigenvalue weighted by atomic mass is 10.3. The largest absolute Gasteiger partial charge is 0.370 e. The number of hydrogen-bond donors (Lipinski definition) is 2. The Kier molecular flexibility index (Phi) is 4.42. The van der Waals surface area contributed by atoms with Crippen molar-refractivity contribution in [1.29, 1.82) is 0 Å². The number of para-hydroxylation sites is 1. The standard InChI is InChI=1S/C14H16ClN3/c1-2-10-16-13-8-5-9-14(18-13)17-12-7-4-3-6-11(12)15/h3-9H,2,10H2,1H3,(H2,16,17,18). The summed E-state index contributed by atoms with van der Waals surface area (Å²) in [6.45, 7) is 3.04. The van der Waals surface area contributed by atoms with E-state index in [1.807, 2.05) is 42.5 Å². The molecule has 1 heterocycles. The van der Waals surface area contributed by atoms with Gasteiger partial charge in [-0.2, -0.15) is 0 Å². The lowest BCUT2D eigenvalue weighted by Gasteiger charge is -2.09. The molecule has 2 N–H and O–H groups in total. The van der Waals surface area contributed by atoms with Crippen molar-refractivity contribution < 1.29 is 0 Å². The first kappa shape index (κ1) is 12.7. The second-order valence-electron chi connectivity index (χ2n) is 3.94. The van der Waals surface area contributed by atoms with Crippen molar-refractivity contribution in [2.45, 2.75) is 13.3 Å². The number of nitrogens with zero attached hydrogens (tertiary/aromatic N) is 1. The zero-order chi connectivity index (χ0) is 12.8. The van der Waals surface area contributed by atoms with Crippen LogP contribution >= 0.6 is 11.6 Å².